The minimum Gasteiger partial charge on any atom is -0.335 e. The van der Waals surface area contributed by atoms with E-state index in [1.54, 1.807) is 0 Å². The summed E-state index contributed by atoms with van der Waals surface area (Å²) in [6.45, 7) is 0.743. The van der Waals surface area contributed by atoms with Crippen molar-refractivity contribution in [3.63, 3.8) is 0 Å². The van der Waals surface area contributed by atoms with Crippen LogP contribution in [-0.2, 0) is 22.8 Å². The zero-order valence-corrected chi connectivity index (χ0v) is 21.5. The molecule has 1 amide bonds. The Hall–Kier alpha value is -2.17. The third-order valence-corrected chi connectivity index (χ3v) is 8.73. The summed E-state index contributed by atoms with van der Waals surface area (Å²) in [7, 11) is 0. The summed E-state index contributed by atoms with van der Waals surface area (Å²) in [6, 6.07) is 32.1. The van der Waals surface area contributed by atoms with Crippen LogP contribution < -0.4 is 0 Å². The van der Waals surface area contributed by atoms with Gasteiger partial charge in [0.25, 0.3) is 0 Å². The zero-order chi connectivity index (χ0) is 23.4. The second kappa shape index (κ2) is 13.7. The normalized spacial score (nSPS) is 17.9. The van der Waals surface area contributed by atoms with E-state index in [1.807, 2.05) is 29.6 Å². The number of hydrogen-bond acceptors (Lipinski definition) is 3. The first kappa shape index (κ1) is 24.9. The lowest BCUT2D eigenvalue weighted by molar-refractivity contribution is -0.132. The molecule has 0 aliphatic carbocycles. The summed E-state index contributed by atoms with van der Waals surface area (Å²) < 4.78 is 0. The maximum Gasteiger partial charge on any atom is 0.227 e. The largest absolute Gasteiger partial charge is 0.335 e. The molecule has 3 aromatic carbocycles. The van der Waals surface area contributed by atoms with Crippen molar-refractivity contribution >= 4 is 29.4 Å². The Bertz CT molecular complexity index is 980. The van der Waals surface area contributed by atoms with Gasteiger partial charge in [0, 0.05) is 35.8 Å². The Morgan fingerprint density at radius 1 is 0.706 bits per heavy atom. The number of hydrogen-bond donors (Lipinski definition) is 0. The van der Waals surface area contributed by atoms with E-state index in [1.165, 1.54) is 35.3 Å². The average Bonchev–Trinajstić information content (AvgIpc) is 3.17. The van der Waals surface area contributed by atoms with Crippen LogP contribution >= 0.6 is 23.5 Å². The first-order chi connectivity index (χ1) is 16.8. The van der Waals surface area contributed by atoms with Gasteiger partial charge in [0.05, 0.1) is 0 Å². The van der Waals surface area contributed by atoms with Crippen LogP contribution in [0.4, 0.5) is 0 Å². The smallest absolute Gasteiger partial charge is 0.227 e. The van der Waals surface area contributed by atoms with E-state index >= 15 is 0 Å². The molecule has 4 rings (SSSR count). The minimum atomic E-state index is 0.148. The Kier molecular flexibility index (Phi) is 10.0. The quantitative estimate of drug-likeness (QED) is 0.233. The Morgan fingerprint density at radius 2 is 1.26 bits per heavy atom. The summed E-state index contributed by atoms with van der Waals surface area (Å²) in [5.41, 5.74) is 3.97. The van der Waals surface area contributed by atoms with E-state index in [4.69, 9.17) is 0 Å². The van der Waals surface area contributed by atoms with Crippen LogP contribution in [0.25, 0.3) is 0 Å². The summed E-state index contributed by atoms with van der Waals surface area (Å²) in [5.74, 6) is 4.67. The molecule has 0 saturated carbocycles. The molecule has 178 valence electrons. The maximum atomic E-state index is 13.4. The highest BCUT2D eigenvalue weighted by atomic mass is 32.2. The van der Waals surface area contributed by atoms with Crippen molar-refractivity contribution in [3.05, 3.63) is 108 Å². The number of nitrogens with zero attached hydrogens (tertiary/aromatic N) is 1. The Labute approximate surface area is 213 Å². The molecule has 4 heteroatoms. The predicted molar refractivity (Wildman–Crippen MR) is 148 cm³/mol. The number of amides is 1. The Morgan fingerprint density at radius 3 is 1.88 bits per heavy atom. The molecule has 34 heavy (non-hydrogen) atoms. The van der Waals surface area contributed by atoms with Crippen molar-refractivity contribution < 1.29 is 4.79 Å². The van der Waals surface area contributed by atoms with Crippen molar-refractivity contribution in [3.8, 4) is 0 Å². The molecule has 0 aromatic heterocycles. The number of carbonyl (C=O) groups is 1. The highest BCUT2D eigenvalue weighted by Crippen LogP contribution is 2.33. The summed E-state index contributed by atoms with van der Waals surface area (Å²) in [5, 5.41) is 0. The SMILES string of the molecule is O=C1C(CSCc2ccccc2)CC(CCCCSCc2ccccc2)N1Cc1ccccc1. The lowest BCUT2D eigenvalue weighted by Crippen LogP contribution is -2.33. The van der Waals surface area contributed by atoms with Gasteiger partial charge in [-0.25, -0.2) is 0 Å². The van der Waals surface area contributed by atoms with Crippen molar-refractivity contribution in [2.24, 2.45) is 5.92 Å². The summed E-state index contributed by atoms with van der Waals surface area (Å²) in [6.07, 6.45) is 4.53. The van der Waals surface area contributed by atoms with Gasteiger partial charge in [0.15, 0.2) is 0 Å². The first-order valence-corrected chi connectivity index (χ1v) is 14.7. The van der Waals surface area contributed by atoms with E-state index in [9.17, 15) is 4.79 Å². The van der Waals surface area contributed by atoms with Crippen LogP contribution in [0.15, 0.2) is 91.0 Å². The van der Waals surface area contributed by atoms with E-state index in [0.717, 1.165) is 36.6 Å². The molecular weight excluding hydrogens is 454 g/mol. The van der Waals surface area contributed by atoms with Crippen LogP contribution in [-0.4, -0.2) is 28.4 Å². The van der Waals surface area contributed by atoms with Gasteiger partial charge in [-0.1, -0.05) is 97.4 Å². The molecule has 1 heterocycles. The van der Waals surface area contributed by atoms with Gasteiger partial charge < -0.3 is 4.90 Å². The second-order valence-corrected chi connectivity index (χ2v) is 11.2. The third-order valence-electron chi connectivity index (χ3n) is 6.44. The van der Waals surface area contributed by atoms with Gasteiger partial charge in [-0.05, 0) is 41.7 Å². The van der Waals surface area contributed by atoms with Crippen LogP contribution in [0.2, 0.25) is 0 Å². The van der Waals surface area contributed by atoms with E-state index in [2.05, 4.69) is 89.8 Å². The van der Waals surface area contributed by atoms with E-state index < -0.39 is 0 Å². The van der Waals surface area contributed by atoms with Gasteiger partial charge in [-0.3, -0.25) is 4.79 Å². The van der Waals surface area contributed by atoms with Crippen LogP contribution in [0.3, 0.4) is 0 Å². The number of carbonyl (C=O) groups excluding carboxylic acids is 1. The van der Waals surface area contributed by atoms with E-state index in [0.29, 0.717) is 11.9 Å². The lowest BCUT2D eigenvalue weighted by Gasteiger charge is -2.25. The fourth-order valence-corrected chi connectivity index (χ4v) is 6.70. The number of likely N-dealkylation sites (tertiary alicyclic amines) is 1. The molecule has 1 aliphatic heterocycles. The molecule has 1 saturated heterocycles. The Balaban J connectivity index is 1.26. The molecular formula is C30H35NOS2. The monoisotopic (exact) mass is 489 g/mol. The number of thioether (sulfide) groups is 2. The topological polar surface area (TPSA) is 20.3 Å². The molecule has 0 spiro atoms. The van der Waals surface area contributed by atoms with E-state index in [-0.39, 0.29) is 5.92 Å². The van der Waals surface area contributed by atoms with Gasteiger partial charge in [-0.2, -0.15) is 23.5 Å². The van der Waals surface area contributed by atoms with Crippen molar-refractivity contribution in [2.45, 2.75) is 49.8 Å². The van der Waals surface area contributed by atoms with Gasteiger partial charge >= 0.3 is 0 Å². The molecule has 2 atom stereocenters. The first-order valence-electron chi connectivity index (χ1n) is 12.4. The molecule has 2 nitrogen and oxygen atoms in total. The van der Waals surface area contributed by atoms with Crippen LogP contribution in [0.1, 0.15) is 42.4 Å². The number of unbranched alkanes of at least 4 members (excludes halogenated alkanes) is 1. The minimum absolute atomic E-state index is 0.148. The van der Waals surface area contributed by atoms with Gasteiger partial charge in [0.1, 0.15) is 0 Å². The van der Waals surface area contributed by atoms with Crippen LogP contribution in [0.5, 0.6) is 0 Å². The fraction of sp³-hybridized carbons (Fsp3) is 0.367. The van der Waals surface area contributed by atoms with Crippen molar-refractivity contribution in [1.29, 1.82) is 0 Å². The molecule has 3 aromatic rings. The highest BCUT2D eigenvalue weighted by molar-refractivity contribution is 7.98. The predicted octanol–water partition coefficient (Wildman–Crippen LogP) is 7.44. The molecule has 1 aliphatic rings. The van der Waals surface area contributed by atoms with Crippen LogP contribution in [0, 0.1) is 5.92 Å². The van der Waals surface area contributed by atoms with Gasteiger partial charge in [-0.15, -0.1) is 0 Å². The molecule has 0 N–H and O–H groups in total. The highest BCUT2D eigenvalue weighted by Gasteiger charge is 2.38. The third kappa shape index (κ3) is 7.68. The number of rotatable bonds is 13. The molecule has 2 unspecified atom stereocenters. The van der Waals surface area contributed by atoms with Crippen molar-refractivity contribution in [2.75, 3.05) is 11.5 Å². The second-order valence-electron chi connectivity index (χ2n) is 9.07. The van der Waals surface area contributed by atoms with Gasteiger partial charge in [0.2, 0.25) is 5.91 Å². The average molecular weight is 490 g/mol. The standard InChI is InChI=1S/C30H35NOS2/c32-30-28(24-34-23-27-16-8-3-9-17-27)20-29(31(30)21-25-12-4-1-5-13-25)18-10-11-19-33-22-26-14-6-2-7-15-26/h1-9,12-17,28-29H,10-11,18-24H2. The zero-order valence-electron chi connectivity index (χ0n) is 19.9. The fourth-order valence-electron chi connectivity index (χ4n) is 4.61. The summed E-state index contributed by atoms with van der Waals surface area (Å²) in [4.78, 5) is 15.5. The number of benzene rings is 3. The maximum absolute atomic E-state index is 13.4. The summed E-state index contributed by atoms with van der Waals surface area (Å²) >= 11 is 3.92. The molecule has 1 fully saturated rings. The lowest BCUT2D eigenvalue weighted by atomic mass is 10.0. The molecule has 0 bridgehead atoms. The van der Waals surface area contributed by atoms with Crippen molar-refractivity contribution in [1.82, 2.24) is 4.90 Å². The molecule has 0 radical (unpaired) electrons.